The zero-order valence-corrected chi connectivity index (χ0v) is 17.9. The number of piperazine rings is 1. The number of nitrogens with zero attached hydrogens (tertiary/aromatic N) is 3. The minimum absolute atomic E-state index is 0.301. The smallest absolute Gasteiger partial charge is 0.409 e. The largest absolute Gasteiger partial charge is 0.452 e. The molecule has 0 bridgehead atoms. The maximum atomic E-state index is 13.2. The second kappa shape index (κ2) is 9.63. The van der Waals surface area contributed by atoms with Gasteiger partial charge in [0.15, 0.2) is 6.61 Å². The third kappa shape index (κ3) is 5.04. The minimum Gasteiger partial charge on any atom is -0.452 e. The fourth-order valence-electron chi connectivity index (χ4n) is 3.61. The van der Waals surface area contributed by atoms with Crippen molar-refractivity contribution in [2.24, 2.45) is 0 Å². The molecule has 9 heteroatoms. The molecule has 0 spiro atoms. The summed E-state index contributed by atoms with van der Waals surface area (Å²) in [5, 5.41) is 0. The van der Waals surface area contributed by atoms with E-state index in [0.29, 0.717) is 44.0 Å². The van der Waals surface area contributed by atoms with Crippen molar-refractivity contribution in [3.8, 4) is 5.69 Å². The Kier molecular flexibility index (Phi) is 6.94. The molecule has 1 aliphatic heterocycles. The van der Waals surface area contributed by atoms with E-state index in [0.717, 1.165) is 11.4 Å². The highest BCUT2D eigenvalue weighted by atomic mass is 19.1. The van der Waals surface area contributed by atoms with Crippen LogP contribution in [0.4, 0.5) is 9.18 Å². The van der Waals surface area contributed by atoms with Crippen molar-refractivity contribution in [3.05, 3.63) is 53.1 Å². The quantitative estimate of drug-likeness (QED) is 0.680. The van der Waals surface area contributed by atoms with Gasteiger partial charge in [0.05, 0.1) is 12.2 Å². The second-order valence-corrected chi connectivity index (χ2v) is 7.24. The first-order chi connectivity index (χ1) is 14.8. The minimum atomic E-state index is -0.597. The van der Waals surface area contributed by atoms with Crippen molar-refractivity contribution >= 4 is 18.0 Å². The summed E-state index contributed by atoms with van der Waals surface area (Å²) in [7, 11) is 0. The molecule has 0 saturated carbocycles. The molecule has 2 aromatic rings. The van der Waals surface area contributed by atoms with Crippen LogP contribution in [0.15, 0.2) is 30.3 Å². The standard InChI is InChI=1S/C22H26FN3O5/c1-4-30-22(29)25-11-9-24(10-12-25)20(27)14-31-21(28)19-13-15(2)26(16(19)3)18-7-5-17(23)6-8-18/h5-8,13H,4,9-12,14H2,1-3H3. The number of esters is 1. The SMILES string of the molecule is CCOC(=O)N1CCN(C(=O)COC(=O)c2cc(C)n(-c3ccc(F)cc3)c2C)CC1. The summed E-state index contributed by atoms with van der Waals surface area (Å²) in [5.74, 6) is -1.25. The lowest BCUT2D eigenvalue weighted by atomic mass is 10.2. The topological polar surface area (TPSA) is 81.1 Å². The van der Waals surface area contributed by atoms with E-state index in [4.69, 9.17) is 9.47 Å². The van der Waals surface area contributed by atoms with E-state index < -0.39 is 12.1 Å². The first-order valence-corrected chi connectivity index (χ1v) is 10.1. The Morgan fingerprint density at radius 2 is 1.58 bits per heavy atom. The Hall–Kier alpha value is -3.36. The van der Waals surface area contributed by atoms with Gasteiger partial charge in [-0.3, -0.25) is 4.79 Å². The zero-order chi connectivity index (χ0) is 22.5. The lowest BCUT2D eigenvalue weighted by Crippen LogP contribution is -2.51. The molecule has 2 amide bonds. The highest BCUT2D eigenvalue weighted by molar-refractivity contribution is 5.93. The van der Waals surface area contributed by atoms with E-state index in [9.17, 15) is 18.8 Å². The predicted molar refractivity (Wildman–Crippen MR) is 111 cm³/mol. The Morgan fingerprint density at radius 1 is 0.968 bits per heavy atom. The third-order valence-electron chi connectivity index (χ3n) is 5.22. The Bertz CT molecular complexity index is 962. The normalized spacial score (nSPS) is 13.8. The van der Waals surface area contributed by atoms with Crippen LogP contribution < -0.4 is 0 Å². The summed E-state index contributed by atoms with van der Waals surface area (Å²) in [6, 6.07) is 7.65. The van der Waals surface area contributed by atoms with Gasteiger partial charge in [-0.1, -0.05) is 0 Å². The molecule has 0 aliphatic carbocycles. The van der Waals surface area contributed by atoms with Crippen LogP contribution in [0.25, 0.3) is 5.69 Å². The Labute approximate surface area is 180 Å². The predicted octanol–water partition coefficient (Wildman–Crippen LogP) is 2.69. The van der Waals surface area contributed by atoms with E-state index in [1.54, 1.807) is 41.8 Å². The summed E-state index contributed by atoms with van der Waals surface area (Å²) in [4.78, 5) is 39.8. The maximum Gasteiger partial charge on any atom is 0.409 e. The average molecular weight is 431 g/mol. The lowest BCUT2D eigenvalue weighted by Gasteiger charge is -2.33. The van der Waals surface area contributed by atoms with Gasteiger partial charge in [-0.2, -0.15) is 0 Å². The molecule has 1 aromatic heterocycles. The van der Waals surface area contributed by atoms with Crippen LogP contribution in [0.1, 0.15) is 28.7 Å². The number of aromatic nitrogens is 1. The van der Waals surface area contributed by atoms with Crippen molar-refractivity contribution in [1.82, 2.24) is 14.4 Å². The van der Waals surface area contributed by atoms with E-state index in [2.05, 4.69) is 0 Å². The number of hydrogen-bond acceptors (Lipinski definition) is 5. The van der Waals surface area contributed by atoms with Gasteiger partial charge in [0, 0.05) is 43.3 Å². The summed E-state index contributed by atoms with van der Waals surface area (Å²) >= 11 is 0. The number of halogens is 1. The summed E-state index contributed by atoms with van der Waals surface area (Å²) in [5.41, 5.74) is 2.51. The van der Waals surface area contributed by atoms with Crippen LogP contribution in [0.3, 0.4) is 0 Å². The molecule has 0 unspecified atom stereocenters. The monoisotopic (exact) mass is 431 g/mol. The molecular weight excluding hydrogens is 405 g/mol. The summed E-state index contributed by atoms with van der Waals surface area (Å²) in [6.45, 7) is 6.72. The van der Waals surface area contributed by atoms with Gasteiger partial charge >= 0.3 is 12.1 Å². The molecule has 1 aliphatic rings. The zero-order valence-electron chi connectivity index (χ0n) is 17.9. The van der Waals surface area contributed by atoms with Gasteiger partial charge in [-0.15, -0.1) is 0 Å². The first kappa shape index (κ1) is 22.3. The molecule has 1 aromatic carbocycles. The third-order valence-corrected chi connectivity index (χ3v) is 5.22. The molecule has 31 heavy (non-hydrogen) atoms. The van der Waals surface area contributed by atoms with E-state index in [1.165, 1.54) is 12.1 Å². The van der Waals surface area contributed by atoms with Gasteiger partial charge in [0.25, 0.3) is 5.91 Å². The van der Waals surface area contributed by atoms with E-state index >= 15 is 0 Å². The van der Waals surface area contributed by atoms with E-state index in [1.807, 2.05) is 11.5 Å². The number of benzene rings is 1. The molecule has 0 N–H and O–H groups in total. The molecule has 166 valence electrons. The number of hydrogen-bond donors (Lipinski definition) is 0. The van der Waals surface area contributed by atoms with Crippen molar-refractivity contribution in [3.63, 3.8) is 0 Å². The Morgan fingerprint density at radius 3 is 2.19 bits per heavy atom. The number of aryl methyl sites for hydroxylation is 1. The highest BCUT2D eigenvalue weighted by Crippen LogP contribution is 2.22. The molecule has 1 fully saturated rings. The van der Waals surface area contributed by atoms with Gasteiger partial charge in [0.1, 0.15) is 5.82 Å². The molecule has 8 nitrogen and oxygen atoms in total. The summed E-state index contributed by atoms with van der Waals surface area (Å²) in [6.07, 6.45) is -0.391. The van der Waals surface area contributed by atoms with Gasteiger partial charge in [0.2, 0.25) is 0 Å². The van der Waals surface area contributed by atoms with Crippen LogP contribution in [-0.4, -0.2) is 71.7 Å². The van der Waals surface area contributed by atoms with Gasteiger partial charge in [-0.25, -0.2) is 14.0 Å². The summed E-state index contributed by atoms with van der Waals surface area (Å²) < 4.78 is 25.3. The van der Waals surface area contributed by atoms with Gasteiger partial charge in [-0.05, 0) is 51.1 Å². The number of carbonyl (C=O) groups is 3. The fraction of sp³-hybridized carbons (Fsp3) is 0.409. The van der Waals surface area contributed by atoms with Crippen LogP contribution in [0.2, 0.25) is 0 Å². The van der Waals surface area contributed by atoms with Crippen LogP contribution >= 0.6 is 0 Å². The fourth-order valence-corrected chi connectivity index (χ4v) is 3.61. The Balaban J connectivity index is 1.58. The molecule has 0 radical (unpaired) electrons. The van der Waals surface area contributed by atoms with Crippen LogP contribution in [-0.2, 0) is 14.3 Å². The second-order valence-electron chi connectivity index (χ2n) is 7.24. The average Bonchev–Trinajstić information content (AvgIpc) is 3.06. The molecule has 0 atom stereocenters. The molecule has 3 rings (SSSR count). The van der Waals surface area contributed by atoms with Crippen molar-refractivity contribution < 1.29 is 28.2 Å². The van der Waals surface area contributed by atoms with Gasteiger partial charge < -0.3 is 23.8 Å². The number of rotatable bonds is 5. The molecule has 2 heterocycles. The number of carbonyl (C=O) groups excluding carboxylic acids is 3. The molecular formula is C22H26FN3O5. The molecule has 1 saturated heterocycles. The van der Waals surface area contributed by atoms with Crippen molar-refractivity contribution in [1.29, 1.82) is 0 Å². The van der Waals surface area contributed by atoms with Crippen LogP contribution in [0.5, 0.6) is 0 Å². The van der Waals surface area contributed by atoms with Crippen LogP contribution in [0, 0.1) is 19.7 Å². The highest BCUT2D eigenvalue weighted by Gasteiger charge is 2.26. The van der Waals surface area contributed by atoms with Crippen molar-refractivity contribution in [2.45, 2.75) is 20.8 Å². The number of ether oxygens (including phenoxy) is 2. The first-order valence-electron chi connectivity index (χ1n) is 10.1. The number of amides is 2. The van der Waals surface area contributed by atoms with E-state index in [-0.39, 0.29) is 18.3 Å². The lowest BCUT2D eigenvalue weighted by molar-refractivity contribution is -0.136. The maximum absolute atomic E-state index is 13.2. The van der Waals surface area contributed by atoms with Crippen molar-refractivity contribution in [2.75, 3.05) is 39.4 Å².